The van der Waals surface area contributed by atoms with Crippen LogP contribution in [-0.2, 0) is 21.5 Å². The first-order chi connectivity index (χ1) is 17.6. The van der Waals surface area contributed by atoms with Crippen molar-refractivity contribution in [3.8, 4) is 17.2 Å². The summed E-state index contributed by atoms with van der Waals surface area (Å²) < 4.78 is 41.0. The van der Waals surface area contributed by atoms with Crippen LogP contribution in [0.1, 0.15) is 11.1 Å². The van der Waals surface area contributed by atoms with Crippen LogP contribution < -0.4 is 13.7 Å². The van der Waals surface area contributed by atoms with Gasteiger partial charge >= 0.3 is 10.1 Å². The molecule has 3 aromatic carbocycles. The molecule has 0 N–H and O–H groups in total. The molecular weight excluding hydrogens is 561 g/mol. The standard InChI is InChI=1S/C25H19Cl2NO7S2/c1-33-16-7-9-17(10-8-16)37(31,32)35-21-11-6-15(12-22(21)34-2)13-23-24(29)28(25(30)36-23)14-18-19(26)4-3-5-20(18)27/h3-13H,14H2,1-2H3/b23-13-. The Morgan fingerprint density at radius 1 is 0.919 bits per heavy atom. The minimum Gasteiger partial charge on any atom is -0.497 e. The average Bonchev–Trinajstić information content (AvgIpc) is 3.14. The number of methoxy groups -OCH3 is 2. The summed E-state index contributed by atoms with van der Waals surface area (Å²) in [6.45, 7) is -0.0696. The molecule has 1 fully saturated rings. The van der Waals surface area contributed by atoms with Crippen molar-refractivity contribution in [3.05, 3.63) is 86.7 Å². The SMILES string of the molecule is COc1ccc(S(=O)(=O)Oc2ccc(/C=C3\SC(=O)N(Cc4c(Cl)cccc4Cl)C3=O)cc2OC)cc1. The molecule has 0 unspecified atom stereocenters. The molecule has 0 radical (unpaired) electrons. The van der Waals surface area contributed by atoms with Gasteiger partial charge in [0.15, 0.2) is 11.5 Å². The van der Waals surface area contributed by atoms with Gasteiger partial charge in [-0.05, 0) is 71.9 Å². The number of nitrogens with zero attached hydrogens (tertiary/aromatic N) is 1. The fourth-order valence-electron chi connectivity index (χ4n) is 3.38. The third-order valence-electron chi connectivity index (χ3n) is 5.28. The number of carbonyl (C=O) groups is 2. The highest BCUT2D eigenvalue weighted by Crippen LogP contribution is 2.37. The van der Waals surface area contributed by atoms with Crippen LogP contribution in [0.3, 0.4) is 0 Å². The van der Waals surface area contributed by atoms with Crippen molar-refractivity contribution in [2.75, 3.05) is 14.2 Å². The van der Waals surface area contributed by atoms with E-state index in [9.17, 15) is 18.0 Å². The van der Waals surface area contributed by atoms with Gasteiger partial charge in [-0.25, -0.2) is 0 Å². The molecule has 1 heterocycles. The van der Waals surface area contributed by atoms with Gasteiger partial charge in [0.05, 0.1) is 25.7 Å². The summed E-state index contributed by atoms with van der Waals surface area (Å²) in [6.07, 6.45) is 1.50. The van der Waals surface area contributed by atoms with E-state index in [4.69, 9.17) is 36.9 Å². The Kier molecular flexibility index (Phi) is 8.03. The molecule has 0 aliphatic carbocycles. The molecule has 1 aliphatic heterocycles. The van der Waals surface area contributed by atoms with Gasteiger partial charge < -0.3 is 13.7 Å². The largest absolute Gasteiger partial charge is 0.497 e. The van der Waals surface area contributed by atoms with E-state index in [0.717, 1.165) is 16.7 Å². The van der Waals surface area contributed by atoms with Crippen molar-refractivity contribution in [2.45, 2.75) is 11.4 Å². The zero-order valence-electron chi connectivity index (χ0n) is 19.4. The van der Waals surface area contributed by atoms with E-state index in [1.807, 2.05) is 0 Å². The fraction of sp³-hybridized carbons (Fsp3) is 0.120. The smallest absolute Gasteiger partial charge is 0.339 e. The van der Waals surface area contributed by atoms with E-state index in [-0.39, 0.29) is 27.8 Å². The van der Waals surface area contributed by atoms with Crippen LogP contribution in [0.2, 0.25) is 10.0 Å². The highest BCUT2D eigenvalue weighted by Gasteiger charge is 2.35. The van der Waals surface area contributed by atoms with Crippen LogP contribution in [0.25, 0.3) is 6.08 Å². The number of rotatable bonds is 8. The van der Waals surface area contributed by atoms with E-state index in [1.165, 1.54) is 56.7 Å². The van der Waals surface area contributed by atoms with Gasteiger partial charge in [-0.2, -0.15) is 8.42 Å². The van der Waals surface area contributed by atoms with Crippen molar-refractivity contribution in [2.24, 2.45) is 0 Å². The molecule has 1 aliphatic rings. The fourth-order valence-corrected chi connectivity index (χ4v) is 5.68. The molecule has 3 aromatic rings. The van der Waals surface area contributed by atoms with Crippen molar-refractivity contribution < 1.29 is 31.7 Å². The molecule has 0 spiro atoms. The second kappa shape index (κ2) is 11.1. The second-order valence-electron chi connectivity index (χ2n) is 7.59. The Balaban J connectivity index is 1.55. The lowest BCUT2D eigenvalue weighted by atomic mass is 10.1. The van der Waals surface area contributed by atoms with E-state index >= 15 is 0 Å². The normalized spacial score (nSPS) is 14.8. The highest BCUT2D eigenvalue weighted by molar-refractivity contribution is 8.18. The Labute approximate surface area is 227 Å². The summed E-state index contributed by atoms with van der Waals surface area (Å²) in [7, 11) is -1.32. The number of hydrogen-bond acceptors (Lipinski definition) is 8. The Morgan fingerprint density at radius 3 is 2.22 bits per heavy atom. The van der Waals surface area contributed by atoms with Crippen molar-refractivity contribution >= 4 is 62.3 Å². The molecule has 0 bridgehead atoms. The Morgan fingerprint density at radius 2 is 1.59 bits per heavy atom. The van der Waals surface area contributed by atoms with Crippen LogP contribution in [-0.4, -0.2) is 38.7 Å². The van der Waals surface area contributed by atoms with E-state index in [0.29, 0.717) is 26.9 Å². The highest BCUT2D eigenvalue weighted by atomic mass is 35.5. The minimum absolute atomic E-state index is 0.0445. The third-order valence-corrected chi connectivity index (χ3v) is 8.15. The lowest BCUT2D eigenvalue weighted by Gasteiger charge is -2.14. The first-order valence-electron chi connectivity index (χ1n) is 10.6. The summed E-state index contributed by atoms with van der Waals surface area (Å²) in [5.41, 5.74) is 0.961. The molecule has 0 saturated carbocycles. The van der Waals surface area contributed by atoms with Gasteiger partial charge in [-0.1, -0.05) is 35.3 Å². The molecule has 1 saturated heterocycles. The number of thioether (sulfide) groups is 1. The predicted molar refractivity (Wildman–Crippen MR) is 142 cm³/mol. The molecule has 8 nitrogen and oxygen atoms in total. The molecule has 12 heteroatoms. The summed E-state index contributed by atoms with van der Waals surface area (Å²) in [5, 5.41) is 0.227. The number of imide groups is 1. The van der Waals surface area contributed by atoms with Crippen LogP contribution in [0.15, 0.2) is 70.5 Å². The Bertz CT molecular complexity index is 1490. The van der Waals surface area contributed by atoms with Gasteiger partial charge in [-0.15, -0.1) is 0 Å². The maximum atomic E-state index is 12.9. The van der Waals surface area contributed by atoms with Crippen LogP contribution in [0.5, 0.6) is 17.2 Å². The molecule has 37 heavy (non-hydrogen) atoms. The van der Waals surface area contributed by atoms with E-state index in [2.05, 4.69) is 0 Å². The topological polar surface area (TPSA) is 99.2 Å². The van der Waals surface area contributed by atoms with Gasteiger partial charge in [0.2, 0.25) is 0 Å². The maximum absolute atomic E-state index is 12.9. The molecule has 2 amide bonds. The van der Waals surface area contributed by atoms with Gasteiger partial charge in [0.25, 0.3) is 11.1 Å². The van der Waals surface area contributed by atoms with Gasteiger partial charge in [0, 0.05) is 15.6 Å². The zero-order valence-corrected chi connectivity index (χ0v) is 22.6. The van der Waals surface area contributed by atoms with Crippen molar-refractivity contribution in [1.82, 2.24) is 4.90 Å². The summed E-state index contributed by atoms with van der Waals surface area (Å²) in [4.78, 5) is 26.7. The van der Waals surface area contributed by atoms with Gasteiger partial charge in [-0.3, -0.25) is 14.5 Å². The number of carbonyl (C=O) groups excluding carboxylic acids is 2. The van der Waals surface area contributed by atoms with E-state index in [1.54, 1.807) is 24.3 Å². The van der Waals surface area contributed by atoms with Gasteiger partial charge in [0.1, 0.15) is 10.6 Å². The van der Waals surface area contributed by atoms with Crippen LogP contribution in [0.4, 0.5) is 4.79 Å². The minimum atomic E-state index is -4.15. The summed E-state index contributed by atoms with van der Waals surface area (Å²) >= 11 is 13.1. The first kappa shape index (κ1) is 26.9. The quantitative estimate of drug-likeness (QED) is 0.236. The predicted octanol–water partition coefficient (Wildman–Crippen LogP) is 6.01. The number of benzene rings is 3. The van der Waals surface area contributed by atoms with Crippen LogP contribution in [0, 0.1) is 0 Å². The summed E-state index contributed by atoms with van der Waals surface area (Å²) in [5.74, 6) is 0.0671. The molecular formula is C25H19Cl2NO7S2. The lowest BCUT2D eigenvalue weighted by molar-refractivity contribution is -0.123. The summed E-state index contributed by atoms with van der Waals surface area (Å²) in [6, 6.07) is 15.1. The zero-order chi connectivity index (χ0) is 26.7. The molecule has 0 aromatic heterocycles. The van der Waals surface area contributed by atoms with Crippen molar-refractivity contribution in [1.29, 1.82) is 0 Å². The Hall–Kier alpha value is -3.18. The third kappa shape index (κ3) is 5.88. The second-order valence-corrected chi connectivity index (χ2v) is 10.9. The molecule has 0 atom stereocenters. The number of hydrogen-bond donors (Lipinski definition) is 0. The average molecular weight is 580 g/mol. The van der Waals surface area contributed by atoms with Crippen molar-refractivity contribution in [3.63, 3.8) is 0 Å². The number of ether oxygens (including phenoxy) is 2. The van der Waals surface area contributed by atoms with Crippen LogP contribution >= 0.6 is 35.0 Å². The molecule has 192 valence electrons. The first-order valence-corrected chi connectivity index (χ1v) is 13.6. The monoisotopic (exact) mass is 579 g/mol. The lowest BCUT2D eigenvalue weighted by Crippen LogP contribution is -2.27. The number of halogens is 2. The number of amides is 2. The van der Waals surface area contributed by atoms with E-state index < -0.39 is 21.3 Å². The maximum Gasteiger partial charge on any atom is 0.339 e. The molecule has 4 rings (SSSR count).